The van der Waals surface area contributed by atoms with Gasteiger partial charge in [0.1, 0.15) is 0 Å². The molecular formula is C29H34. The number of benzene rings is 2. The van der Waals surface area contributed by atoms with Gasteiger partial charge in [0.25, 0.3) is 0 Å². The number of hydrogen-bond acceptors (Lipinski definition) is 0. The van der Waals surface area contributed by atoms with Gasteiger partial charge in [0.2, 0.25) is 0 Å². The van der Waals surface area contributed by atoms with E-state index in [1.165, 1.54) is 35.1 Å². The summed E-state index contributed by atoms with van der Waals surface area (Å²) in [6.07, 6.45) is 12.9. The highest BCUT2D eigenvalue weighted by Gasteiger charge is 2.48. The maximum Gasteiger partial charge on any atom is -0.00575 e. The molecule has 0 unspecified atom stereocenters. The third-order valence-electron chi connectivity index (χ3n) is 8.77. The van der Waals surface area contributed by atoms with Crippen molar-refractivity contribution >= 4 is 6.08 Å². The normalized spacial score (nSPS) is 32.0. The molecule has 0 aliphatic heterocycles. The fourth-order valence-electron chi connectivity index (χ4n) is 7.54. The van der Waals surface area contributed by atoms with E-state index in [9.17, 15) is 0 Å². The lowest BCUT2D eigenvalue weighted by Crippen LogP contribution is -2.45. The Morgan fingerprint density at radius 3 is 2.17 bits per heavy atom. The van der Waals surface area contributed by atoms with E-state index < -0.39 is 0 Å². The molecule has 0 nitrogen and oxygen atoms in total. The van der Waals surface area contributed by atoms with Crippen LogP contribution in [-0.4, -0.2) is 0 Å². The van der Waals surface area contributed by atoms with Crippen LogP contribution in [0.5, 0.6) is 0 Å². The van der Waals surface area contributed by atoms with Crippen LogP contribution in [0.3, 0.4) is 0 Å². The van der Waals surface area contributed by atoms with Crippen molar-refractivity contribution < 1.29 is 0 Å². The first-order chi connectivity index (χ1) is 14.1. The predicted molar refractivity (Wildman–Crippen MR) is 123 cm³/mol. The van der Waals surface area contributed by atoms with Gasteiger partial charge < -0.3 is 0 Å². The van der Waals surface area contributed by atoms with E-state index in [1.54, 1.807) is 43.2 Å². The second-order valence-electron chi connectivity index (χ2n) is 10.9. The fraction of sp³-hybridized carbons (Fsp3) is 0.517. The van der Waals surface area contributed by atoms with Crippen LogP contribution >= 0.6 is 0 Å². The first-order valence-electron chi connectivity index (χ1n) is 12.1. The minimum atomic E-state index is 0.595. The van der Waals surface area contributed by atoms with E-state index in [4.69, 9.17) is 0 Å². The van der Waals surface area contributed by atoms with Gasteiger partial charge in [-0.2, -0.15) is 0 Å². The highest BCUT2D eigenvalue weighted by Crippen LogP contribution is 2.58. The standard InChI is InChI=1S/C29H34/c1-18(2)22-6-8-23(9-7-22)27-5-3-4-24-11-21(17-29(24)27)16-28-25-12-19-10-20(14-25)15-26(28)13-19/h3-9,17-20,25-26,28H,10-16H2,1-2H3. The Bertz CT molecular complexity index is 915. The van der Waals surface area contributed by atoms with Crippen molar-refractivity contribution in [2.75, 3.05) is 0 Å². The van der Waals surface area contributed by atoms with Crippen LogP contribution in [-0.2, 0) is 6.42 Å². The van der Waals surface area contributed by atoms with E-state index in [0.717, 1.165) is 29.6 Å². The van der Waals surface area contributed by atoms with E-state index in [-0.39, 0.29) is 0 Å². The zero-order valence-corrected chi connectivity index (χ0v) is 18.0. The minimum Gasteiger partial charge on any atom is -0.0649 e. The van der Waals surface area contributed by atoms with E-state index in [0.29, 0.717) is 5.92 Å². The van der Waals surface area contributed by atoms with E-state index in [1.807, 2.05) is 0 Å². The molecule has 0 spiro atoms. The van der Waals surface area contributed by atoms with Crippen LogP contribution in [0.15, 0.2) is 48.0 Å². The maximum absolute atomic E-state index is 2.58. The molecule has 4 bridgehead atoms. The van der Waals surface area contributed by atoms with Crippen LogP contribution in [0.1, 0.15) is 75.0 Å². The molecule has 4 saturated carbocycles. The quantitative estimate of drug-likeness (QED) is 0.504. The van der Waals surface area contributed by atoms with Crippen LogP contribution in [0.2, 0.25) is 0 Å². The molecule has 150 valence electrons. The summed E-state index contributed by atoms with van der Waals surface area (Å²) in [6.45, 7) is 4.54. The van der Waals surface area contributed by atoms with Crippen LogP contribution in [0.4, 0.5) is 0 Å². The van der Waals surface area contributed by atoms with Gasteiger partial charge >= 0.3 is 0 Å². The van der Waals surface area contributed by atoms with Gasteiger partial charge in [0.15, 0.2) is 0 Å². The van der Waals surface area contributed by atoms with Crippen molar-refractivity contribution in [1.29, 1.82) is 0 Å². The zero-order valence-electron chi connectivity index (χ0n) is 18.0. The average Bonchev–Trinajstić information content (AvgIpc) is 3.13. The van der Waals surface area contributed by atoms with E-state index in [2.05, 4.69) is 62.4 Å². The Morgan fingerprint density at radius 2 is 1.52 bits per heavy atom. The van der Waals surface area contributed by atoms with Gasteiger partial charge in [-0.25, -0.2) is 0 Å². The second kappa shape index (κ2) is 6.86. The van der Waals surface area contributed by atoms with E-state index >= 15 is 0 Å². The van der Waals surface area contributed by atoms with Crippen LogP contribution in [0.25, 0.3) is 17.2 Å². The molecule has 2 aromatic rings. The minimum absolute atomic E-state index is 0.595. The molecule has 5 aliphatic rings. The maximum atomic E-state index is 2.58. The fourth-order valence-corrected chi connectivity index (χ4v) is 7.54. The highest BCUT2D eigenvalue weighted by atomic mass is 14.5. The summed E-state index contributed by atoms with van der Waals surface area (Å²) in [4.78, 5) is 0. The van der Waals surface area contributed by atoms with Crippen LogP contribution in [0, 0.1) is 29.6 Å². The lowest BCUT2D eigenvalue weighted by Gasteiger charge is -2.54. The van der Waals surface area contributed by atoms with Crippen molar-refractivity contribution in [3.8, 4) is 11.1 Å². The molecule has 0 saturated heterocycles. The lowest BCUT2D eigenvalue weighted by molar-refractivity contribution is -0.0360. The van der Waals surface area contributed by atoms with Gasteiger partial charge in [-0.05, 0) is 108 Å². The van der Waals surface area contributed by atoms with Gasteiger partial charge in [0, 0.05) is 0 Å². The summed E-state index contributed by atoms with van der Waals surface area (Å²) >= 11 is 0. The molecule has 0 amide bonds. The first kappa shape index (κ1) is 18.0. The summed E-state index contributed by atoms with van der Waals surface area (Å²) in [6, 6.07) is 16.2. The molecule has 2 aromatic carbocycles. The SMILES string of the molecule is CC(C)c1ccc(-c2cccc3c2C=C(CC2C4CC5CC(C4)CC2C5)C3)cc1. The number of hydrogen-bond donors (Lipinski definition) is 0. The molecule has 4 fully saturated rings. The Balaban J connectivity index is 1.26. The lowest BCUT2D eigenvalue weighted by atomic mass is 9.51. The second-order valence-corrected chi connectivity index (χ2v) is 10.9. The topological polar surface area (TPSA) is 0 Å². The summed E-state index contributed by atoms with van der Waals surface area (Å²) in [5, 5.41) is 0. The van der Waals surface area contributed by atoms with Crippen molar-refractivity contribution in [1.82, 2.24) is 0 Å². The molecule has 0 radical (unpaired) electrons. The average molecular weight is 383 g/mol. The Kier molecular flexibility index (Phi) is 4.26. The summed E-state index contributed by atoms with van der Waals surface area (Å²) < 4.78 is 0. The molecule has 0 atom stereocenters. The van der Waals surface area contributed by atoms with Crippen molar-refractivity contribution in [2.45, 2.75) is 64.7 Å². The van der Waals surface area contributed by atoms with Crippen molar-refractivity contribution in [3.63, 3.8) is 0 Å². The Labute approximate surface area is 176 Å². The van der Waals surface area contributed by atoms with Crippen molar-refractivity contribution in [2.24, 2.45) is 29.6 Å². The molecule has 5 aliphatic carbocycles. The third-order valence-corrected chi connectivity index (χ3v) is 8.77. The molecule has 0 heteroatoms. The Hall–Kier alpha value is -1.82. The summed E-state index contributed by atoms with van der Waals surface area (Å²) in [7, 11) is 0. The smallest absolute Gasteiger partial charge is 0.00575 e. The zero-order chi connectivity index (χ0) is 19.5. The number of allylic oxidation sites excluding steroid dienone is 1. The summed E-state index contributed by atoms with van der Waals surface area (Å²) in [5.41, 5.74) is 9.00. The predicted octanol–water partition coefficient (Wildman–Crippen LogP) is 7.88. The molecule has 7 rings (SSSR count). The molecule has 29 heavy (non-hydrogen) atoms. The molecular weight excluding hydrogens is 348 g/mol. The molecule has 0 heterocycles. The summed E-state index contributed by atoms with van der Waals surface area (Å²) in [5.74, 6) is 5.83. The van der Waals surface area contributed by atoms with Gasteiger partial charge in [-0.3, -0.25) is 0 Å². The van der Waals surface area contributed by atoms with Gasteiger partial charge in [0.05, 0.1) is 0 Å². The third kappa shape index (κ3) is 3.11. The Morgan fingerprint density at radius 1 is 0.828 bits per heavy atom. The van der Waals surface area contributed by atoms with Gasteiger partial charge in [-0.15, -0.1) is 0 Å². The van der Waals surface area contributed by atoms with Gasteiger partial charge in [-0.1, -0.05) is 68.0 Å². The largest absolute Gasteiger partial charge is 0.0649 e. The van der Waals surface area contributed by atoms with Crippen LogP contribution < -0.4 is 0 Å². The number of rotatable bonds is 4. The highest BCUT2D eigenvalue weighted by molar-refractivity contribution is 5.80. The monoisotopic (exact) mass is 382 g/mol. The molecule has 0 N–H and O–H groups in total. The number of fused-ring (bicyclic) bond motifs is 1. The molecule has 0 aromatic heterocycles. The van der Waals surface area contributed by atoms with Crippen molar-refractivity contribution in [3.05, 3.63) is 64.7 Å². The first-order valence-corrected chi connectivity index (χ1v) is 12.1.